The predicted octanol–water partition coefficient (Wildman–Crippen LogP) is 1.82. The number of rotatable bonds is 2. The summed E-state index contributed by atoms with van der Waals surface area (Å²) in [4.78, 5) is 13.1. The Kier molecular flexibility index (Phi) is 3.12. The third kappa shape index (κ3) is 2.03. The highest BCUT2D eigenvalue weighted by molar-refractivity contribution is 6.33. The molecule has 1 fully saturated rings. The molecular weight excluding hydrogens is 233 g/mol. The molecule has 1 aliphatic rings. The summed E-state index contributed by atoms with van der Waals surface area (Å²) in [5.41, 5.74) is 0.504. The fourth-order valence-electron chi connectivity index (χ4n) is 1.84. The van der Waals surface area contributed by atoms with E-state index in [0.717, 1.165) is 0 Å². The van der Waals surface area contributed by atoms with Gasteiger partial charge in [0.15, 0.2) is 0 Å². The van der Waals surface area contributed by atoms with Gasteiger partial charge >= 0.3 is 0 Å². The molecule has 1 aromatic carbocycles. The number of amides is 1. The minimum absolute atomic E-state index is 0.0267. The lowest BCUT2D eigenvalue weighted by Crippen LogP contribution is -2.25. The second-order valence-corrected chi connectivity index (χ2v) is 4.26. The Balaban J connectivity index is 2.28. The maximum absolute atomic E-state index is 12.8. The van der Waals surface area contributed by atoms with E-state index in [1.54, 1.807) is 0 Å². The Morgan fingerprint density at radius 2 is 2.31 bits per heavy atom. The topological polar surface area (TPSA) is 40.5 Å². The van der Waals surface area contributed by atoms with Crippen LogP contribution in [0.2, 0.25) is 5.02 Å². The molecule has 1 unspecified atom stereocenters. The van der Waals surface area contributed by atoms with E-state index in [4.69, 9.17) is 16.7 Å². The molecule has 1 N–H and O–H groups in total. The molecular formula is C11H11ClFNO2. The van der Waals surface area contributed by atoms with Crippen LogP contribution in [-0.2, 0) is 4.79 Å². The first-order valence-electron chi connectivity index (χ1n) is 4.98. The second kappa shape index (κ2) is 4.39. The van der Waals surface area contributed by atoms with E-state index in [1.807, 2.05) is 0 Å². The van der Waals surface area contributed by atoms with E-state index in [0.29, 0.717) is 18.7 Å². The highest BCUT2D eigenvalue weighted by atomic mass is 35.5. The predicted molar refractivity (Wildman–Crippen MR) is 59.0 cm³/mol. The number of anilines is 1. The molecule has 2 rings (SSSR count). The Morgan fingerprint density at radius 3 is 2.88 bits per heavy atom. The molecule has 1 aromatic rings. The summed E-state index contributed by atoms with van der Waals surface area (Å²) >= 11 is 5.87. The van der Waals surface area contributed by atoms with E-state index >= 15 is 0 Å². The maximum Gasteiger partial charge on any atom is 0.227 e. The Bertz CT molecular complexity index is 424. The van der Waals surface area contributed by atoms with Gasteiger partial charge in [-0.25, -0.2) is 4.39 Å². The van der Waals surface area contributed by atoms with E-state index < -0.39 is 5.82 Å². The highest BCUT2D eigenvalue weighted by Crippen LogP contribution is 2.31. The molecule has 1 saturated heterocycles. The summed E-state index contributed by atoms with van der Waals surface area (Å²) in [6.07, 6.45) is 0.310. The Hall–Kier alpha value is -1.13. The average molecular weight is 244 g/mol. The van der Waals surface area contributed by atoms with Crippen molar-refractivity contribution >= 4 is 23.2 Å². The first-order chi connectivity index (χ1) is 7.61. The SMILES string of the molecule is O=C1CC(CO)CN1c1ccc(F)cc1Cl. The summed E-state index contributed by atoms with van der Waals surface area (Å²) in [5.74, 6) is -0.583. The molecule has 3 nitrogen and oxygen atoms in total. The van der Waals surface area contributed by atoms with Crippen LogP contribution < -0.4 is 4.90 Å². The number of halogens is 2. The van der Waals surface area contributed by atoms with Crippen LogP contribution in [0.3, 0.4) is 0 Å². The van der Waals surface area contributed by atoms with Gasteiger partial charge in [0.2, 0.25) is 5.91 Å². The largest absolute Gasteiger partial charge is 0.396 e. The van der Waals surface area contributed by atoms with Crippen LogP contribution in [0.4, 0.5) is 10.1 Å². The minimum atomic E-state index is -0.431. The van der Waals surface area contributed by atoms with E-state index in [1.165, 1.54) is 23.1 Å². The molecule has 1 aliphatic heterocycles. The molecule has 0 spiro atoms. The number of nitrogens with zero attached hydrogens (tertiary/aromatic N) is 1. The number of aliphatic hydroxyl groups is 1. The summed E-state index contributed by atoms with van der Waals surface area (Å²) in [6, 6.07) is 3.92. The number of carbonyl (C=O) groups is 1. The van der Waals surface area contributed by atoms with E-state index in [2.05, 4.69) is 0 Å². The van der Waals surface area contributed by atoms with Gasteiger partial charge in [-0.05, 0) is 18.2 Å². The summed E-state index contributed by atoms with van der Waals surface area (Å²) in [5, 5.41) is 9.20. The number of hydrogen-bond donors (Lipinski definition) is 1. The van der Waals surface area contributed by atoms with Gasteiger partial charge < -0.3 is 10.0 Å². The van der Waals surface area contributed by atoms with Crippen molar-refractivity contribution in [1.29, 1.82) is 0 Å². The van der Waals surface area contributed by atoms with Crippen LogP contribution in [0.15, 0.2) is 18.2 Å². The molecule has 1 amide bonds. The molecule has 0 radical (unpaired) electrons. The molecule has 0 aromatic heterocycles. The van der Waals surface area contributed by atoms with Gasteiger partial charge in [-0.15, -0.1) is 0 Å². The van der Waals surface area contributed by atoms with Crippen molar-refractivity contribution < 1.29 is 14.3 Å². The molecule has 1 atom stereocenters. The van der Waals surface area contributed by atoms with Crippen molar-refractivity contribution in [1.82, 2.24) is 0 Å². The zero-order valence-corrected chi connectivity index (χ0v) is 9.25. The smallest absolute Gasteiger partial charge is 0.227 e. The first-order valence-corrected chi connectivity index (χ1v) is 5.36. The Labute approximate surface area is 97.4 Å². The summed E-state index contributed by atoms with van der Waals surface area (Å²) in [6.45, 7) is 0.405. The number of benzene rings is 1. The summed E-state index contributed by atoms with van der Waals surface area (Å²) < 4.78 is 12.8. The van der Waals surface area contributed by atoms with Crippen LogP contribution in [0.5, 0.6) is 0 Å². The molecule has 16 heavy (non-hydrogen) atoms. The van der Waals surface area contributed by atoms with Crippen molar-refractivity contribution in [2.75, 3.05) is 18.1 Å². The van der Waals surface area contributed by atoms with Crippen molar-refractivity contribution in [2.24, 2.45) is 5.92 Å². The van der Waals surface area contributed by atoms with E-state index in [-0.39, 0.29) is 23.5 Å². The van der Waals surface area contributed by atoms with Gasteiger partial charge in [-0.2, -0.15) is 0 Å². The van der Waals surface area contributed by atoms with E-state index in [9.17, 15) is 9.18 Å². The monoisotopic (exact) mass is 243 g/mol. The molecule has 0 bridgehead atoms. The van der Waals surface area contributed by atoms with Crippen LogP contribution in [0.25, 0.3) is 0 Å². The van der Waals surface area contributed by atoms with Crippen molar-refractivity contribution in [2.45, 2.75) is 6.42 Å². The standard InChI is InChI=1S/C11H11ClFNO2/c12-9-4-8(13)1-2-10(9)14-5-7(6-15)3-11(14)16/h1-2,4,7,15H,3,5-6H2. The summed E-state index contributed by atoms with van der Waals surface area (Å²) in [7, 11) is 0. The van der Waals surface area contributed by atoms with Crippen molar-refractivity contribution in [3.8, 4) is 0 Å². The third-order valence-electron chi connectivity index (χ3n) is 2.66. The number of hydrogen-bond acceptors (Lipinski definition) is 2. The van der Waals surface area contributed by atoms with Crippen molar-refractivity contribution in [3.05, 3.63) is 29.0 Å². The lowest BCUT2D eigenvalue weighted by atomic mass is 10.1. The van der Waals surface area contributed by atoms with Crippen LogP contribution in [-0.4, -0.2) is 24.2 Å². The van der Waals surface area contributed by atoms with Crippen LogP contribution >= 0.6 is 11.6 Å². The van der Waals surface area contributed by atoms with Gasteiger partial charge in [0.1, 0.15) is 5.82 Å². The van der Waals surface area contributed by atoms with Crippen LogP contribution in [0, 0.1) is 11.7 Å². The molecule has 0 saturated carbocycles. The fraction of sp³-hybridized carbons (Fsp3) is 0.364. The Morgan fingerprint density at radius 1 is 1.56 bits per heavy atom. The maximum atomic E-state index is 12.8. The number of carbonyl (C=O) groups excluding carboxylic acids is 1. The molecule has 86 valence electrons. The normalized spacial score (nSPS) is 20.6. The molecule has 0 aliphatic carbocycles. The van der Waals surface area contributed by atoms with Gasteiger partial charge in [0.25, 0.3) is 0 Å². The quantitative estimate of drug-likeness (QED) is 0.861. The molecule has 1 heterocycles. The van der Waals surface area contributed by atoms with Crippen LogP contribution in [0.1, 0.15) is 6.42 Å². The van der Waals surface area contributed by atoms with Gasteiger partial charge in [-0.3, -0.25) is 4.79 Å². The van der Waals surface area contributed by atoms with Gasteiger partial charge in [-0.1, -0.05) is 11.6 Å². The fourth-order valence-corrected chi connectivity index (χ4v) is 2.11. The minimum Gasteiger partial charge on any atom is -0.396 e. The first kappa shape index (κ1) is 11.4. The molecule has 5 heteroatoms. The average Bonchev–Trinajstić information content (AvgIpc) is 2.60. The zero-order valence-electron chi connectivity index (χ0n) is 8.49. The number of aliphatic hydroxyl groups excluding tert-OH is 1. The third-order valence-corrected chi connectivity index (χ3v) is 2.97. The van der Waals surface area contributed by atoms with Crippen molar-refractivity contribution in [3.63, 3.8) is 0 Å². The zero-order chi connectivity index (χ0) is 11.7. The highest BCUT2D eigenvalue weighted by Gasteiger charge is 2.31. The van der Waals surface area contributed by atoms with Gasteiger partial charge in [0.05, 0.1) is 10.7 Å². The lowest BCUT2D eigenvalue weighted by molar-refractivity contribution is -0.117. The lowest BCUT2D eigenvalue weighted by Gasteiger charge is -2.17. The second-order valence-electron chi connectivity index (χ2n) is 3.85. The van der Waals surface area contributed by atoms with Gasteiger partial charge in [0, 0.05) is 25.5 Å².